The van der Waals surface area contributed by atoms with Crippen molar-refractivity contribution < 1.29 is 4.92 Å². The molecule has 0 radical (unpaired) electrons. The van der Waals surface area contributed by atoms with Crippen LogP contribution in [-0.4, -0.2) is 29.6 Å². The van der Waals surface area contributed by atoms with Gasteiger partial charge in [-0.2, -0.15) is 5.10 Å². The Labute approximate surface area is 83.5 Å². The second kappa shape index (κ2) is 3.36. The van der Waals surface area contributed by atoms with Crippen LogP contribution in [-0.2, 0) is 7.05 Å². The van der Waals surface area contributed by atoms with Crippen molar-refractivity contribution in [1.82, 2.24) is 24.7 Å². The standard InChI is InChI=1S/C6H7N7O2/c1-11-6(5(2-9-11)13(14)15)10-12-3-7-8-4-12/h2-4,10H,1H3. The summed E-state index contributed by atoms with van der Waals surface area (Å²) in [4.78, 5) is 10.1. The van der Waals surface area contributed by atoms with E-state index < -0.39 is 4.92 Å². The summed E-state index contributed by atoms with van der Waals surface area (Å²) < 4.78 is 2.75. The Hall–Kier alpha value is -2.45. The lowest BCUT2D eigenvalue weighted by Crippen LogP contribution is -2.11. The highest BCUT2D eigenvalue weighted by Crippen LogP contribution is 2.22. The lowest BCUT2D eigenvalue weighted by molar-refractivity contribution is -0.384. The van der Waals surface area contributed by atoms with Gasteiger partial charge in [0, 0.05) is 7.05 Å². The van der Waals surface area contributed by atoms with Gasteiger partial charge in [-0.05, 0) is 0 Å². The number of anilines is 1. The molecule has 0 bridgehead atoms. The third kappa shape index (κ3) is 1.61. The number of nitrogens with one attached hydrogen (secondary N) is 1. The van der Waals surface area contributed by atoms with Gasteiger partial charge in [0.1, 0.15) is 18.9 Å². The van der Waals surface area contributed by atoms with E-state index in [4.69, 9.17) is 0 Å². The molecule has 1 N–H and O–H groups in total. The van der Waals surface area contributed by atoms with Crippen molar-refractivity contribution in [3.8, 4) is 0 Å². The minimum Gasteiger partial charge on any atom is -0.269 e. The molecule has 0 aliphatic heterocycles. The fraction of sp³-hybridized carbons (Fsp3) is 0.167. The first-order valence-corrected chi connectivity index (χ1v) is 3.96. The van der Waals surface area contributed by atoms with Crippen molar-refractivity contribution in [2.45, 2.75) is 0 Å². The van der Waals surface area contributed by atoms with Gasteiger partial charge in [-0.25, -0.2) is 9.36 Å². The second-order valence-electron chi connectivity index (χ2n) is 2.74. The van der Waals surface area contributed by atoms with E-state index in [2.05, 4.69) is 20.7 Å². The topological polar surface area (TPSA) is 104 Å². The van der Waals surface area contributed by atoms with Gasteiger partial charge >= 0.3 is 5.69 Å². The second-order valence-corrected chi connectivity index (χ2v) is 2.74. The zero-order chi connectivity index (χ0) is 10.8. The van der Waals surface area contributed by atoms with E-state index in [1.165, 1.54) is 28.2 Å². The van der Waals surface area contributed by atoms with E-state index in [1.807, 2.05) is 0 Å². The number of nitro groups is 1. The Bertz CT molecular complexity index is 474. The van der Waals surface area contributed by atoms with E-state index in [9.17, 15) is 10.1 Å². The predicted molar refractivity (Wildman–Crippen MR) is 48.9 cm³/mol. The van der Waals surface area contributed by atoms with Gasteiger partial charge in [0.2, 0.25) is 5.82 Å². The fourth-order valence-electron chi connectivity index (χ4n) is 1.07. The van der Waals surface area contributed by atoms with E-state index in [0.29, 0.717) is 0 Å². The molecule has 2 heterocycles. The van der Waals surface area contributed by atoms with Gasteiger partial charge in [0.15, 0.2) is 0 Å². The Morgan fingerprint density at radius 2 is 2.13 bits per heavy atom. The summed E-state index contributed by atoms with van der Waals surface area (Å²) in [5, 5.41) is 21.5. The van der Waals surface area contributed by atoms with Crippen LogP contribution in [0.4, 0.5) is 11.5 Å². The fourth-order valence-corrected chi connectivity index (χ4v) is 1.07. The van der Waals surface area contributed by atoms with Gasteiger partial charge in [0.25, 0.3) is 0 Å². The lowest BCUT2D eigenvalue weighted by atomic mass is 10.5. The van der Waals surface area contributed by atoms with Crippen LogP contribution in [0.3, 0.4) is 0 Å². The first-order valence-electron chi connectivity index (χ1n) is 3.96. The molecule has 2 rings (SSSR count). The van der Waals surface area contributed by atoms with Crippen molar-refractivity contribution in [1.29, 1.82) is 0 Å². The van der Waals surface area contributed by atoms with Crippen LogP contribution < -0.4 is 5.43 Å². The summed E-state index contributed by atoms with van der Waals surface area (Å²) in [6.45, 7) is 0. The number of hydrogen-bond acceptors (Lipinski definition) is 6. The molecule has 9 heteroatoms. The molecular formula is C6H7N7O2. The smallest absolute Gasteiger partial charge is 0.269 e. The summed E-state index contributed by atoms with van der Waals surface area (Å²) in [6, 6.07) is 0. The molecule has 0 aliphatic carbocycles. The first kappa shape index (κ1) is 9.12. The van der Waals surface area contributed by atoms with Crippen LogP contribution in [0.1, 0.15) is 0 Å². The monoisotopic (exact) mass is 209 g/mol. The number of aryl methyl sites for hydroxylation is 1. The average molecular weight is 209 g/mol. The largest absolute Gasteiger partial charge is 0.332 e. The summed E-state index contributed by atoms with van der Waals surface area (Å²) in [5.74, 6) is 0.264. The molecule has 0 saturated carbocycles. The minimum absolute atomic E-state index is 0.105. The molecule has 0 saturated heterocycles. The van der Waals surface area contributed by atoms with Crippen molar-refractivity contribution in [3.63, 3.8) is 0 Å². The molecule has 2 aromatic rings. The Morgan fingerprint density at radius 3 is 2.73 bits per heavy atom. The first-order chi connectivity index (χ1) is 7.18. The van der Waals surface area contributed by atoms with Crippen LogP contribution in [0.25, 0.3) is 0 Å². The molecule has 78 valence electrons. The Kier molecular flexibility index (Phi) is 2.04. The minimum atomic E-state index is -0.514. The van der Waals surface area contributed by atoms with Crippen molar-refractivity contribution in [2.24, 2.45) is 7.05 Å². The van der Waals surface area contributed by atoms with Crippen molar-refractivity contribution >= 4 is 11.5 Å². The highest BCUT2D eigenvalue weighted by atomic mass is 16.6. The number of nitrogens with zero attached hydrogens (tertiary/aromatic N) is 6. The van der Waals surface area contributed by atoms with E-state index in [0.717, 1.165) is 0 Å². The maximum Gasteiger partial charge on any atom is 0.332 e. The van der Waals surface area contributed by atoms with Crippen LogP contribution in [0, 0.1) is 10.1 Å². The molecule has 0 aliphatic rings. The third-order valence-electron chi connectivity index (χ3n) is 1.77. The van der Waals surface area contributed by atoms with Crippen LogP contribution in [0.5, 0.6) is 0 Å². The van der Waals surface area contributed by atoms with E-state index in [-0.39, 0.29) is 11.5 Å². The van der Waals surface area contributed by atoms with Gasteiger partial charge in [0.05, 0.1) is 4.92 Å². The molecule has 0 amide bonds. The van der Waals surface area contributed by atoms with Crippen LogP contribution in [0.15, 0.2) is 18.9 Å². The maximum absolute atomic E-state index is 10.6. The number of rotatable bonds is 3. The average Bonchev–Trinajstić information content (AvgIpc) is 2.78. The lowest BCUT2D eigenvalue weighted by Gasteiger charge is -2.04. The zero-order valence-electron chi connectivity index (χ0n) is 7.73. The normalized spacial score (nSPS) is 10.2. The van der Waals surface area contributed by atoms with Crippen LogP contribution in [0.2, 0.25) is 0 Å². The molecule has 0 unspecified atom stereocenters. The highest BCUT2D eigenvalue weighted by Gasteiger charge is 2.18. The molecule has 9 nitrogen and oxygen atoms in total. The van der Waals surface area contributed by atoms with Crippen molar-refractivity contribution in [3.05, 3.63) is 29.0 Å². The SMILES string of the molecule is Cn1ncc([N+](=O)[O-])c1Nn1cnnc1. The molecule has 2 aromatic heterocycles. The van der Waals surface area contributed by atoms with Gasteiger partial charge in [-0.1, -0.05) is 0 Å². The van der Waals surface area contributed by atoms with Gasteiger partial charge < -0.3 is 0 Å². The summed E-state index contributed by atoms with van der Waals surface area (Å²) >= 11 is 0. The van der Waals surface area contributed by atoms with Crippen molar-refractivity contribution in [2.75, 3.05) is 5.43 Å². The number of hydrogen-bond donors (Lipinski definition) is 1. The molecular weight excluding hydrogens is 202 g/mol. The maximum atomic E-state index is 10.6. The Morgan fingerprint density at radius 1 is 1.47 bits per heavy atom. The van der Waals surface area contributed by atoms with E-state index in [1.54, 1.807) is 7.05 Å². The van der Waals surface area contributed by atoms with Gasteiger partial charge in [-0.3, -0.25) is 15.5 Å². The quantitative estimate of drug-likeness (QED) is 0.554. The number of aromatic nitrogens is 5. The summed E-state index contributed by atoms with van der Waals surface area (Å²) in [7, 11) is 1.60. The third-order valence-corrected chi connectivity index (χ3v) is 1.77. The Balaban J connectivity index is 2.35. The predicted octanol–water partition coefficient (Wildman–Crippen LogP) is -0.205. The molecule has 0 atom stereocenters. The molecule has 0 spiro atoms. The van der Waals surface area contributed by atoms with E-state index >= 15 is 0 Å². The van der Waals surface area contributed by atoms with Crippen LogP contribution >= 0.6 is 0 Å². The molecule has 0 aromatic carbocycles. The van der Waals surface area contributed by atoms with Gasteiger partial charge in [-0.15, -0.1) is 10.2 Å². The highest BCUT2D eigenvalue weighted by molar-refractivity contribution is 5.54. The molecule has 15 heavy (non-hydrogen) atoms. The molecule has 0 fully saturated rings. The summed E-state index contributed by atoms with van der Waals surface area (Å²) in [6.07, 6.45) is 3.94. The zero-order valence-corrected chi connectivity index (χ0v) is 7.73. The summed E-state index contributed by atoms with van der Waals surface area (Å²) in [5.41, 5.74) is 2.63.